The minimum absolute atomic E-state index is 0.0575. The Morgan fingerprint density at radius 2 is 2.30 bits per heavy atom. The molecule has 0 spiro atoms. The SMILES string of the molecule is CCOC1CC1C(=O)NC1CCCN(c2cccc(OC)c2)C1. The van der Waals surface area contributed by atoms with Crippen molar-refractivity contribution < 1.29 is 14.3 Å². The second-order valence-corrected chi connectivity index (χ2v) is 6.33. The Hall–Kier alpha value is -1.75. The molecular formula is C18H26N2O3. The summed E-state index contributed by atoms with van der Waals surface area (Å²) >= 11 is 0. The number of hydrogen-bond acceptors (Lipinski definition) is 4. The van der Waals surface area contributed by atoms with Crippen molar-refractivity contribution in [2.75, 3.05) is 31.7 Å². The van der Waals surface area contributed by atoms with Crippen molar-refractivity contribution in [3.63, 3.8) is 0 Å². The summed E-state index contributed by atoms with van der Waals surface area (Å²) in [7, 11) is 1.68. The molecule has 5 nitrogen and oxygen atoms in total. The van der Waals surface area contributed by atoms with Crippen molar-refractivity contribution in [2.24, 2.45) is 5.92 Å². The third-order valence-corrected chi connectivity index (χ3v) is 4.64. The van der Waals surface area contributed by atoms with Crippen LogP contribution in [0.2, 0.25) is 0 Å². The highest BCUT2D eigenvalue weighted by molar-refractivity contribution is 5.82. The van der Waals surface area contributed by atoms with Gasteiger partial charge in [-0.25, -0.2) is 0 Å². The average molecular weight is 318 g/mol. The quantitative estimate of drug-likeness (QED) is 0.874. The van der Waals surface area contributed by atoms with Gasteiger partial charge in [-0.1, -0.05) is 6.07 Å². The van der Waals surface area contributed by atoms with Gasteiger partial charge in [-0.05, 0) is 38.3 Å². The van der Waals surface area contributed by atoms with Gasteiger partial charge in [0, 0.05) is 37.5 Å². The molecule has 2 fully saturated rings. The van der Waals surface area contributed by atoms with Crippen molar-refractivity contribution in [3.05, 3.63) is 24.3 Å². The zero-order chi connectivity index (χ0) is 16.2. The molecule has 0 aromatic heterocycles. The van der Waals surface area contributed by atoms with Crippen LogP contribution in [0.15, 0.2) is 24.3 Å². The van der Waals surface area contributed by atoms with E-state index >= 15 is 0 Å². The molecule has 0 radical (unpaired) electrons. The minimum atomic E-state index is 0.0575. The maximum Gasteiger partial charge on any atom is 0.226 e. The van der Waals surface area contributed by atoms with Gasteiger partial charge in [0.05, 0.1) is 19.1 Å². The van der Waals surface area contributed by atoms with Gasteiger partial charge in [-0.3, -0.25) is 4.79 Å². The van der Waals surface area contributed by atoms with E-state index in [-0.39, 0.29) is 24.0 Å². The largest absolute Gasteiger partial charge is 0.497 e. The molecule has 3 atom stereocenters. The lowest BCUT2D eigenvalue weighted by Crippen LogP contribution is -2.48. The molecule has 1 aromatic rings. The molecule has 3 unspecified atom stereocenters. The summed E-state index contributed by atoms with van der Waals surface area (Å²) in [5, 5.41) is 3.21. The Morgan fingerprint density at radius 3 is 3.09 bits per heavy atom. The van der Waals surface area contributed by atoms with Gasteiger partial charge in [0.25, 0.3) is 0 Å². The summed E-state index contributed by atoms with van der Waals surface area (Å²) in [5.41, 5.74) is 1.15. The second kappa shape index (κ2) is 7.21. The van der Waals surface area contributed by atoms with Crippen molar-refractivity contribution in [1.29, 1.82) is 0 Å². The van der Waals surface area contributed by atoms with Gasteiger partial charge in [-0.15, -0.1) is 0 Å². The highest BCUT2D eigenvalue weighted by Crippen LogP contribution is 2.34. The molecule has 1 N–H and O–H groups in total. The molecule has 1 aliphatic carbocycles. The highest BCUT2D eigenvalue weighted by atomic mass is 16.5. The zero-order valence-corrected chi connectivity index (χ0v) is 14.0. The predicted octanol–water partition coefficient (Wildman–Crippen LogP) is 2.21. The summed E-state index contributed by atoms with van der Waals surface area (Å²) in [5.74, 6) is 1.08. The van der Waals surface area contributed by atoms with Crippen molar-refractivity contribution >= 4 is 11.6 Å². The third-order valence-electron chi connectivity index (χ3n) is 4.64. The standard InChI is InChI=1S/C18H26N2O3/c1-3-23-17-11-16(17)18(21)19-13-6-5-9-20(12-13)14-7-4-8-15(10-14)22-2/h4,7-8,10,13,16-17H,3,5-6,9,11-12H2,1-2H3,(H,19,21). The number of piperidine rings is 1. The topological polar surface area (TPSA) is 50.8 Å². The fourth-order valence-corrected chi connectivity index (χ4v) is 3.29. The Bertz CT molecular complexity index is 549. The Kier molecular flexibility index (Phi) is 5.06. The number of benzene rings is 1. The average Bonchev–Trinajstić information content (AvgIpc) is 3.35. The minimum Gasteiger partial charge on any atom is -0.497 e. The lowest BCUT2D eigenvalue weighted by atomic mass is 10.0. The first-order valence-corrected chi connectivity index (χ1v) is 8.52. The summed E-state index contributed by atoms with van der Waals surface area (Å²) in [6.07, 6.45) is 3.13. The summed E-state index contributed by atoms with van der Waals surface area (Å²) in [6.45, 7) is 4.53. The monoisotopic (exact) mass is 318 g/mol. The smallest absolute Gasteiger partial charge is 0.226 e. The van der Waals surface area contributed by atoms with E-state index in [1.54, 1.807) is 7.11 Å². The molecule has 1 amide bonds. The van der Waals surface area contributed by atoms with Crippen LogP contribution < -0.4 is 15.0 Å². The van der Waals surface area contributed by atoms with Crippen LogP contribution in [0.1, 0.15) is 26.2 Å². The van der Waals surface area contributed by atoms with E-state index in [0.717, 1.165) is 43.8 Å². The molecule has 3 rings (SSSR count). The maximum absolute atomic E-state index is 12.3. The van der Waals surface area contributed by atoms with Crippen molar-refractivity contribution in [2.45, 2.75) is 38.3 Å². The molecule has 1 heterocycles. The Balaban J connectivity index is 1.55. The molecule has 0 bridgehead atoms. The van der Waals surface area contributed by atoms with Gasteiger partial charge in [0.15, 0.2) is 0 Å². The number of carbonyl (C=O) groups excluding carboxylic acids is 1. The Labute approximate surface area is 137 Å². The van der Waals surface area contributed by atoms with E-state index < -0.39 is 0 Å². The van der Waals surface area contributed by atoms with E-state index in [4.69, 9.17) is 9.47 Å². The summed E-state index contributed by atoms with van der Waals surface area (Å²) in [6, 6.07) is 8.32. The predicted molar refractivity (Wildman–Crippen MR) is 89.9 cm³/mol. The first kappa shape index (κ1) is 16.1. The lowest BCUT2D eigenvalue weighted by Gasteiger charge is -2.35. The number of carbonyl (C=O) groups is 1. The number of rotatable bonds is 6. The van der Waals surface area contributed by atoms with Gasteiger partial charge in [-0.2, -0.15) is 0 Å². The third kappa shape index (κ3) is 3.96. The van der Waals surface area contributed by atoms with Crippen LogP contribution in [0.3, 0.4) is 0 Å². The molecule has 1 saturated heterocycles. The van der Waals surface area contributed by atoms with Crippen LogP contribution in [0.4, 0.5) is 5.69 Å². The fourth-order valence-electron chi connectivity index (χ4n) is 3.29. The number of anilines is 1. The number of ether oxygens (including phenoxy) is 2. The molecule has 1 saturated carbocycles. The van der Waals surface area contributed by atoms with Gasteiger partial charge >= 0.3 is 0 Å². The van der Waals surface area contributed by atoms with Crippen molar-refractivity contribution in [1.82, 2.24) is 5.32 Å². The highest BCUT2D eigenvalue weighted by Gasteiger charge is 2.44. The number of hydrogen-bond donors (Lipinski definition) is 1. The molecule has 2 aliphatic rings. The van der Waals surface area contributed by atoms with E-state index in [0.29, 0.717) is 6.61 Å². The van der Waals surface area contributed by atoms with E-state index in [9.17, 15) is 4.79 Å². The van der Waals surface area contributed by atoms with Crippen LogP contribution >= 0.6 is 0 Å². The number of amides is 1. The molecule has 1 aromatic carbocycles. The van der Waals surface area contributed by atoms with Gasteiger partial charge in [0.2, 0.25) is 5.91 Å². The number of nitrogens with one attached hydrogen (secondary N) is 1. The van der Waals surface area contributed by atoms with E-state index in [2.05, 4.69) is 22.3 Å². The first-order chi connectivity index (χ1) is 11.2. The van der Waals surface area contributed by atoms with Gasteiger partial charge in [0.1, 0.15) is 5.75 Å². The van der Waals surface area contributed by atoms with Crippen LogP contribution in [0.25, 0.3) is 0 Å². The van der Waals surface area contributed by atoms with Crippen LogP contribution in [0, 0.1) is 5.92 Å². The molecule has 126 valence electrons. The molecule has 23 heavy (non-hydrogen) atoms. The number of methoxy groups -OCH3 is 1. The zero-order valence-electron chi connectivity index (χ0n) is 14.0. The lowest BCUT2D eigenvalue weighted by molar-refractivity contribution is -0.124. The second-order valence-electron chi connectivity index (χ2n) is 6.33. The van der Waals surface area contributed by atoms with Crippen LogP contribution in [0.5, 0.6) is 5.75 Å². The summed E-state index contributed by atoms with van der Waals surface area (Å²) in [4.78, 5) is 14.6. The van der Waals surface area contributed by atoms with Gasteiger partial charge < -0.3 is 19.7 Å². The maximum atomic E-state index is 12.3. The van der Waals surface area contributed by atoms with E-state index in [1.807, 2.05) is 19.1 Å². The van der Waals surface area contributed by atoms with E-state index in [1.165, 1.54) is 0 Å². The molecule has 5 heteroatoms. The molecule has 1 aliphatic heterocycles. The Morgan fingerprint density at radius 1 is 1.43 bits per heavy atom. The fraction of sp³-hybridized carbons (Fsp3) is 0.611. The first-order valence-electron chi connectivity index (χ1n) is 8.52. The molecular weight excluding hydrogens is 292 g/mol. The summed E-state index contributed by atoms with van der Waals surface area (Å²) < 4.78 is 10.8. The number of nitrogens with zero attached hydrogens (tertiary/aromatic N) is 1. The van der Waals surface area contributed by atoms with Crippen LogP contribution in [-0.2, 0) is 9.53 Å². The van der Waals surface area contributed by atoms with Crippen LogP contribution in [-0.4, -0.2) is 44.9 Å². The van der Waals surface area contributed by atoms with Crippen molar-refractivity contribution in [3.8, 4) is 5.75 Å². The normalized spacial score (nSPS) is 26.7.